The van der Waals surface area contributed by atoms with Gasteiger partial charge in [0.25, 0.3) is 0 Å². The highest BCUT2D eigenvalue weighted by Crippen LogP contribution is 2.28. The van der Waals surface area contributed by atoms with Crippen LogP contribution in [0.3, 0.4) is 0 Å². The molecule has 1 unspecified atom stereocenters. The molecule has 0 saturated heterocycles. The molecule has 0 bridgehead atoms. The van der Waals surface area contributed by atoms with Crippen LogP contribution in [-0.2, 0) is 23.9 Å². The van der Waals surface area contributed by atoms with E-state index in [2.05, 4.69) is 20.7 Å². The highest BCUT2D eigenvalue weighted by molar-refractivity contribution is 9.12. The van der Waals surface area contributed by atoms with Gasteiger partial charge in [0.2, 0.25) is 5.91 Å². The molecule has 0 spiro atoms. The van der Waals surface area contributed by atoms with Crippen LogP contribution in [0.2, 0.25) is 0 Å². The van der Waals surface area contributed by atoms with Crippen molar-refractivity contribution in [2.45, 2.75) is 6.92 Å². The van der Waals surface area contributed by atoms with Gasteiger partial charge in [-0.15, -0.1) is 0 Å². The van der Waals surface area contributed by atoms with Crippen molar-refractivity contribution in [3.05, 3.63) is 46.1 Å². The van der Waals surface area contributed by atoms with Crippen molar-refractivity contribution in [1.82, 2.24) is 4.90 Å². The van der Waals surface area contributed by atoms with Gasteiger partial charge in [-0.25, -0.2) is 4.79 Å². The van der Waals surface area contributed by atoms with E-state index in [1.165, 1.54) is 31.2 Å². The average molecular weight is 436 g/mol. The van der Waals surface area contributed by atoms with Gasteiger partial charge in [-0.2, -0.15) is 0 Å². The zero-order valence-corrected chi connectivity index (χ0v) is 16.6. The van der Waals surface area contributed by atoms with Crippen molar-refractivity contribution >= 4 is 45.4 Å². The first-order valence-corrected chi connectivity index (χ1v) is 8.75. The fourth-order valence-corrected chi connectivity index (χ4v) is 2.85. The number of allylic oxidation sites excluding steroid dienone is 3. The summed E-state index contributed by atoms with van der Waals surface area (Å²) in [4.78, 5) is 49.4. The minimum absolute atomic E-state index is 0.217. The number of methoxy groups -OCH3 is 1. The molecular weight excluding hydrogens is 418 g/mol. The molecule has 8 heteroatoms. The number of carbonyl (C=O) groups excluding carboxylic acids is 4. The summed E-state index contributed by atoms with van der Waals surface area (Å²) in [5.74, 6) is -3.23. The predicted octanol–water partition coefficient (Wildman–Crippen LogP) is 2.10. The van der Waals surface area contributed by atoms with E-state index in [-0.39, 0.29) is 11.1 Å². The van der Waals surface area contributed by atoms with Crippen LogP contribution in [0.4, 0.5) is 0 Å². The molecule has 27 heavy (non-hydrogen) atoms. The lowest BCUT2D eigenvalue weighted by Crippen LogP contribution is -2.44. The second-order valence-corrected chi connectivity index (χ2v) is 6.56. The molecule has 2 rings (SSSR count). The third kappa shape index (κ3) is 4.71. The van der Waals surface area contributed by atoms with Crippen LogP contribution in [0.25, 0.3) is 6.08 Å². The van der Waals surface area contributed by atoms with Gasteiger partial charge in [-0.1, -0.05) is 18.2 Å². The third-order valence-electron chi connectivity index (χ3n) is 4.04. The summed E-state index contributed by atoms with van der Waals surface area (Å²) in [6.45, 7) is 1.38. The second-order valence-electron chi connectivity index (χ2n) is 5.77. The maximum atomic E-state index is 12.4. The van der Waals surface area contributed by atoms with Crippen LogP contribution in [0.15, 0.2) is 40.5 Å². The maximum absolute atomic E-state index is 12.4. The molecule has 1 heterocycles. The maximum Gasteiger partial charge on any atom is 0.343 e. The standard InChI is InChI=1S/C19H18BrNO6/c1-11-17(20)18(24)16(19(25)21(11)2)14(22)8-7-12-5-4-6-13(9-12)27-10-15(23)26-3/h4-9,16H,10H2,1-3H3/b8-7+. The first-order chi connectivity index (χ1) is 12.8. The van der Waals surface area contributed by atoms with E-state index in [0.29, 0.717) is 17.0 Å². The highest BCUT2D eigenvalue weighted by Gasteiger charge is 2.41. The van der Waals surface area contributed by atoms with Gasteiger partial charge in [-0.3, -0.25) is 14.4 Å². The monoisotopic (exact) mass is 435 g/mol. The minimum atomic E-state index is -1.40. The first-order valence-electron chi connectivity index (χ1n) is 7.96. The summed E-state index contributed by atoms with van der Waals surface area (Å²) in [6, 6.07) is 6.66. The van der Waals surface area contributed by atoms with E-state index in [1.54, 1.807) is 31.2 Å². The number of nitrogens with zero attached hydrogens (tertiary/aromatic N) is 1. The molecule has 0 N–H and O–H groups in total. The molecule has 0 aliphatic carbocycles. The Bertz CT molecular complexity index is 858. The van der Waals surface area contributed by atoms with Crippen molar-refractivity contribution in [2.24, 2.45) is 5.92 Å². The van der Waals surface area contributed by atoms with Crippen molar-refractivity contribution in [1.29, 1.82) is 0 Å². The number of ether oxygens (including phenoxy) is 2. The Morgan fingerprint density at radius 3 is 2.67 bits per heavy atom. The van der Waals surface area contributed by atoms with Crippen LogP contribution in [0.5, 0.6) is 5.75 Å². The van der Waals surface area contributed by atoms with Gasteiger partial charge in [0.05, 0.1) is 11.6 Å². The molecule has 1 aromatic rings. The van der Waals surface area contributed by atoms with E-state index < -0.39 is 29.4 Å². The Balaban J connectivity index is 2.14. The molecule has 0 radical (unpaired) electrons. The van der Waals surface area contributed by atoms with Crippen LogP contribution in [0, 0.1) is 5.92 Å². The zero-order chi connectivity index (χ0) is 20.1. The first kappa shape index (κ1) is 20.6. The number of hydrogen-bond acceptors (Lipinski definition) is 6. The van der Waals surface area contributed by atoms with Crippen molar-refractivity contribution < 1.29 is 28.7 Å². The molecule has 0 fully saturated rings. The lowest BCUT2D eigenvalue weighted by atomic mass is 9.92. The van der Waals surface area contributed by atoms with Crippen molar-refractivity contribution in [2.75, 3.05) is 20.8 Å². The van der Waals surface area contributed by atoms with Gasteiger partial charge in [0, 0.05) is 12.7 Å². The molecule has 0 aromatic heterocycles. The number of hydrogen-bond donors (Lipinski definition) is 0. The van der Waals surface area contributed by atoms with Gasteiger partial charge >= 0.3 is 5.97 Å². The quantitative estimate of drug-likeness (QED) is 0.386. The van der Waals surface area contributed by atoms with Crippen LogP contribution >= 0.6 is 15.9 Å². The summed E-state index contributed by atoms with van der Waals surface area (Å²) >= 11 is 3.14. The van der Waals surface area contributed by atoms with E-state index in [0.717, 1.165) is 0 Å². The Labute approximate surface area is 164 Å². The SMILES string of the molecule is COC(=O)COc1cccc(/C=C/C(=O)C2C(=O)C(Br)=C(C)N(C)C2=O)c1. The highest BCUT2D eigenvalue weighted by atomic mass is 79.9. The molecule has 7 nitrogen and oxygen atoms in total. The summed E-state index contributed by atoms with van der Waals surface area (Å²) in [7, 11) is 2.77. The molecule has 1 atom stereocenters. The smallest absolute Gasteiger partial charge is 0.343 e. The number of ketones is 2. The Hall–Kier alpha value is -2.74. The van der Waals surface area contributed by atoms with Gasteiger partial charge in [-0.05, 0) is 46.6 Å². The fourth-order valence-electron chi connectivity index (χ4n) is 2.36. The van der Waals surface area contributed by atoms with Crippen LogP contribution < -0.4 is 4.74 Å². The summed E-state index contributed by atoms with van der Waals surface area (Å²) in [5.41, 5.74) is 1.08. The van der Waals surface area contributed by atoms with E-state index >= 15 is 0 Å². The summed E-state index contributed by atoms with van der Waals surface area (Å²) in [6.07, 6.45) is 2.67. The lowest BCUT2D eigenvalue weighted by molar-refractivity contribution is -0.144. The zero-order valence-electron chi connectivity index (χ0n) is 15.0. The van der Waals surface area contributed by atoms with Gasteiger partial charge in [0.1, 0.15) is 5.75 Å². The topological polar surface area (TPSA) is 90.0 Å². The largest absolute Gasteiger partial charge is 0.482 e. The van der Waals surface area contributed by atoms with Gasteiger partial charge in [0.15, 0.2) is 24.1 Å². The average Bonchev–Trinajstić information content (AvgIpc) is 2.67. The number of Topliss-reactive ketones (excluding diaryl/α,β-unsaturated/α-hetero) is 1. The van der Waals surface area contributed by atoms with Crippen LogP contribution in [-0.4, -0.2) is 49.1 Å². The van der Waals surface area contributed by atoms with Crippen molar-refractivity contribution in [3.63, 3.8) is 0 Å². The second kappa shape index (κ2) is 8.77. The Morgan fingerprint density at radius 2 is 2.00 bits per heavy atom. The molecule has 142 valence electrons. The molecule has 1 aliphatic heterocycles. The number of rotatable bonds is 6. The predicted molar refractivity (Wildman–Crippen MR) is 101 cm³/mol. The molecule has 0 saturated carbocycles. The number of esters is 1. The molecular formula is C19H18BrNO6. The normalized spacial score (nSPS) is 17.5. The fraction of sp³-hybridized carbons (Fsp3) is 0.263. The number of benzene rings is 1. The number of amides is 1. The number of carbonyl (C=O) groups is 4. The van der Waals surface area contributed by atoms with Crippen LogP contribution in [0.1, 0.15) is 12.5 Å². The summed E-state index contributed by atoms with van der Waals surface area (Å²) in [5, 5.41) is 0. The number of halogens is 1. The lowest BCUT2D eigenvalue weighted by Gasteiger charge is -2.28. The molecule has 1 aliphatic rings. The van der Waals surface area contributed by atoms with Crippen molar-refractivity contribution in [3.8, 4) is 5.75 Å². The Kier molecular flexibility index (Phi) is 6.68. The van der Waals surface area contributed by atoms with E-state index in [9.17, 15) is 19.2 Å². The Morgan fingerprint density at radius 1 is 1.30 bits per heavy atom. The van der Waals surface area contributed by atoms with E-state index in [4.69, 9.17) is 4.74 Å². The van der Waals surface area contributed by atoms with E-state index in [1.807, 2.05) is 0 Å². The minimum Gasteiger partial charge on any atom is -0.482 e. The summed E-state index contributed by atoms with van der Waals surface area (Å²) < 4.78 is 9.99. The molecule has 1 aromatic carbocycles. The molecule has 1 amide bonds. The third-order valence-corrected chi connectivity index (χ3v) is 5.01. The van der Waals surface area contributed by atoms with Gasteiger partial charge < -0.3 is 14.4 Å².